The summed E-state index contributed by atoms with van der Waals surface area (Å²) >= 11 is 0. The van der Waals surface area contributed by atoms with Gasteiger partial charge in [0.15, 0.2) is 0 Å². The predicted molar refractivity (Wildman–Crippen MR) is 142 cm³/mol. The summed E-state index contributed by atoms with van der Waals surface area (Å²) < 4.78 is 0. The first-order chi connectivity index (χ1) is 15.0. The zero-order chi connectivity index (χ0) is 24.8. The van der Waals surface area contributed by atoms with Crippen LogP contribution in [0.5, 0.6) is 0 Å². The maximum atomic E-state index is 4.21. The molecule has 0 spiro atoms. The molecule has 1 N–H and O–H groups in total. The molecule has 7 unspecified atom stereocenters. The molecule has 0 aromatic carbocycles. The number of hydrogen-bond acceptors (Lipinski definition) is 4. The highest BCUT2D eigenvalue weighted by Crippen LogP contribution is 2.59. The van der Waals surface area contributed by atoms with Gasteiger partial charge in [0, 0.05) is 54.4 Å². The largest absolute Gasteiger partial charge is 0.312 e. The molecule has 192 valence electrons. The van der Waals surface area contributed by atoms with Gasteiger partial charge in [-0.05, 0) is 97.1 Å². The molecule has 0 amide bonds. The molecule has 2 aliphatic heterocycles. The van der Waals surface area contributed by atoms with E-state index in [9.17, 15) is 0 Å². The van der Waals surface area contributed by atoms with Crippen molar-refractivity contribution in [1.82, 2.24) is 20.0 Å². The minimum Gasteiger partial charge on any atom is -0.312 e. The van der Waals surface area contributed by atoms with Crippen LogP contribution in [0.1, 0.15) is 82.6 Å². The maximum absolute atomic E-state index is 4.21. The molecule has 4 fully saturated rings. The average Bonchev–Trinajstić information content (AvgIpc) is 3.46. The highest BCUT2D eigenvalue weighted by Gasteiger charge is 2.69. The second kappa shape index (κ2) is 8.18. The molecule has 2 saturated carbocycles. The van der Waals surface area contributed by atoms with E-state index in [-0.39, 0.29) is 11.1 Å². The van der Waals surface area contributed by atoms with Crippen LogP contribution in [-0.2, 0) is 0 Å². The highest BCUT2D eigenvalue weighted by molar-refractivity contribution is 5.24. The van der Waals surface area contributed by atoms with E-state index in [1.54, 1.807) is 0 Å². The monoisotopic (exact) mass is 460 g/mol. The number of fused-ring (bicyclic) bond motifs is 2. The van der Waals surface area contributed by atoms with Crippen molar-refractivity contribution in [1.29, 1.82) is 0 Å². The summed E-state index contributed by atoms with van der Waals surface area (Å²) in [5.74, 6) is 3.96. The van der Waals surface area contributed by atoms with Crippen LogP contribution in [0.15, 0.2) is 0 Å². The van der Waals surface area contributed by atoms with Gasteiger partial charge in [0.05, 0.1) is 0 Å². The molecule has 2 saturated heterocycles. The lowest BCUT2D eigenvalue weighted by Crippen LogP contribution is -2.56. The Morgan fingerprint density at radius 3 is 1.91 bits per heavy atom. The van der Waals surface area contributed by atoms with E-state index in [1.807, 2.05) is 0 Å². The van der Waals surface area contributed by atoms with Gasteiger partial charge in [0.25, 0.3) is 0 Å². The standard InChI is InChI=1S/C29H56N4/c1-17(2)24-20(16-31(12)13)22-23(25(22)33(24)29(9,10)11)30-15-19-18-14-21(18)32(28(6,7)8)26(19)27(3,4)5/h17-26,30H,14-16H2,1-13H3/t18?,19?,20?,21?,22?,23?,24-,25?,26+/m1/s1. The van der Waals surface area contributed by atoms with Crippen molar-refractivity contribution in [2.75, 3.05) is 27.2 Å². The maximum Gasteiger partial charge on any atom is 0.0308 e. The molecule has 0 aromatic rings. The fraction of sp³-hybridized carbons (Fsp3) is 1.00. The normalized spacial score (nSPS) is 41.7. The van der Waals surface area contributed by atoms with Crippen LogP contribution in [0.4, 0.5) is 0 Å². The lowest BCUT2D eigenvalue weighted by Gasteiger charge is -2.47. The Labute approximate surface area is 206 Å². The molecule has 4 aliphatic rings. The fourth-order valence-electron chi connectivity index (χ4n) is 8.58. The van der Waals surface area contributed by atoms with Crippen LogP contribution < -0.4 is 5.32 Å². The first kappa shape index (κ1) is 25.9. The first-order valence-electron chi connectivity index (χ1n) is 13.9. The highest BCUT2D eigenvalue weighted by atomic mass is 15.4. The van der Waals surface area contributed by atoms with Gasteiger partial charge >= 0.3 is 0 Å². The van der Waals surface area contributed by atoms with Gasteiger partial charge in [-0.1, -0.05) is 34.6 Å². The first-order valence-corrected chi connectivity index (χ1v) is 13.9. The topological polar surface area (TPSA) is 21.8 Å². The molecule has 2 heterocycles. The molecular weight excluding hydrogens is 404 g/mol. The Hall–Kier alpha value is -0.160. The van der Waals surface area contributed by atoms with E-state index in [2.05, 4.69) is 110 Å². The Kier molecular flexibility index (Phi) is 6.43. The number of rotatable bonds is 6. The minimum absolute atomic E-state index is 0.223. The van der Waals surface area contributed by atoms with Gasteiger partial charge in [-0.25, -0.2) is 0 Å². The number of likely N-dealkylation sites (tertiary alicyclic amines) is 2. The molecule has 0 bridgehead atoms. The molecule has 0 radical (unpaired) electrons. The third-order valence-corrected chi connectivity index (χ3v) is 9.31. The molecule has 2 aliphatic carbocycles. The van der Waals surface area contributed by atoms with Gasteiger partial charge in [-0.2, -0.15) is 0 Å². The van der Waals surface area contributed by atoms with Crippen molar-refractivity contribution < 1.29 is 0 Å². The van der Waals surface area contributed by atoms with Gasteiger partial charge in [0.2, 0.25) is 0 Å². The van der Waals surface area contributed by atoms with Gasteiger partial charge < -0.3 is 10.2 Å². The summed E-state index contributed by atoms with van der Waals surface area (Å²) in [5.41, 5.74) is 0.800. The van der Waals surface area contributed by atoms with E-state index in [0.29, 0.717) is 35.5 Å². The van der Waals surface area contributed by atoms with Crippen molar-refractivity contribution in [2.24, 2.45) is 35.0 Å². The van der Waals surface area contributed by atoms with E-state index in [0.717, 1.165) is 29.7 Å². The summed E-state index contributed by atoms with van der Waals surface area (Å²) in [6.45, 7) is 29.3. The Balaban J connectivity index is 1.51. The van der Waals surface area contributed by atoms with E-state index in [1.165, 1.54) is 19.5 Å². The van der Waals surface area contributed by atoms with E-state index in [4.69, 9.17) is 0 Å². The van der Waals surface area contributed by atoms with Crippen LogP contribution in [0.3, 0.4) is 0 Å². The number of hydrogen-bond donors (Lipinski definition) is 1. The third kappa shape index (κ3) is 4.56. The Morgan fingerprint density at radius 2 is 1.45 bits per heavy atom. The molecular formula is C29H56N4. The average molecular weight is 461 g/mol. The Morgan fingerprint density at radius 1 is 0.879 bits per heavy atom. The second-order valence-corrected chi connectivity index (χ2v) is 15.8. The number of nitrogens with zero attached hydrogens (tertiary/aromatic N) is 3. The predicted octanol–water partition coefficient (Wildman–Crippen LogP) is 4.79. The smallest absolute Gasteiger partial charge is 0.0308 e. The van der Waals surface area contributed by atoms with Crippen LogP contribution in [0.2, 0.25) is 0 Å². The van der Waals surface area contributed by atoms with E-state index >= 15 is 0 Å². The van der Waals surface area contributed by atoms with Crippen molar-refractivity contribution in [3.8, 4) is 0 Å². The Bertz CT molecular complexity index is 709. The molecule has 4 nitrogen and oxygen atoms in total. The summed E-state index contributed by atoms with van der Waals surface area (Å²) in [6.07, 6.45) is 1.42. The fourth-order valence-corrected chi connectivity index (χ4v) is 8.58. The molecule has 33 heavy (non-hydrogen) atoms. The summed E-state index contributed by atoms with van der Waals surface area (Å²) in [5, 5.41) is 4.21. The van der Waals surface area contributed by atoms with Crippen molar-refractivity contribution in [3.63, 3.8) is 0 Å². The molecule has 0 aromatic heterocycles. The van der Waals surface area contributed by atoms with Crippen molar-refractivity contribution in [3.05, 3.63) is 0 Å². The van der Waals surface area contributed by atoms with Crippen LogP contribution in [0, 0.1) is 35.0 Å². The van der Waals surface area contributed by atoms with Gasteiger partial charge in [-0.15, -0.1) is 0 Å². The summed E-state index contributed by atoms with van der Waals surface area (Å²) in [6, 6.07) is 3.57. The molecule has 9 atom stereocenters. The van der Waals surface area contributed by atoms with Crippen LogP contribution in [0.25, 0.3) is 0 Å². The molecule has 4 rings (SSSR count). The zero-order valence-corrected chi connectivity index (χ0v) is 24.2. The van der Waals surface area contributed by atoms with Crippen LogP contribution in [-0.4, -0.2) is 83.2 Å². The number of piperidine rings is 2. The quantitative estimate of drug-likeness (QED) is 0.615. The zero-order valence-electron chi connectivity index (χ0n) is 24.2. The second-order valence-electron chi connectivity index (χ2n) is 15.8. The lowest BCUT2D eigenvalue weighted by atomic mass is 9.76. The summed E-state index contributed by atoms with van der Waals surface area (Å²) in [7, 11) is 4.52. The van der Waals surface area contributed by atoms with Crippen molar-refractivity contribution >= 4 is 0 Å². The van der Waals surface area contributed by atoms with Crippen molar-refractivity contribution in [2.45, 2.75) is 124 Å². The number of nitrogens with one attached hydrogen (secondary N) is 1. The SMILES string of the molecule is CC(C)[C@@H]1C(CN(C)C)C2C(NCC3C4CC4N(C(C)(C)C)[C@@H]3C(C)(C)C)C2N1C(C)(C)C. The molecule has 4 heteroatoms. The van der Waals surface area contributed by atoms with Crippen LogP contribution >= 0.6 is 0 Å². The summed E-state index contributed by atoms with van der Waals surface area (Å²) in [4.78, 5) is 8.26. The lowest BCUT2D eigenvalue weighted by molar-refractivity contribution is 0.0125. The third-order valence-electron chi connectivity index (χ3n) is 9.31. The van der Waals surface area contributed by atoms with E-state index < -0.39 is 0 Å². The minimum atomic E-state index is 0.223. The van der Waals surface area contributed by atoms with Gasteiger partial charge in [-0.3, -0.25) is 9.80 Å². The van der Waals surface area contributed by atoms with Gasteiger partial charge in [0.1, 0.15) is 0 Å².